The van der Waals surface area contributed by atoms with E-state index in [9.17, 15) is 0 Å². The Hall–Kier alpha value is -0.500. The Balaban J connectivity index is 2.44. The number of rotatable bonds is 0. The molecule has 0 spiro atoms. The molecule has 1 aliphatic rings. The quantitative estimate of drug-likeness (QED) is 0.490. The average molecular weight is 128 g/mol. The average Bonchev–Trinajstić information content (AvgIpc) is 1.80. The van der Waals surface area contributed by atoms with E-state index >= 15 is 0 Å². The van der Waals surface area contributed by atoms with E-state index in [4.69, 9.17) is 9.47 Å². The van der Waals surface area contributed by atoms with Gasteiger partial charge < -0.3 is 9.47 Å². The molecule has 1 rings (SSSR count). The highest BCUT2D eigenvalue weighted by Crippen LogP contribution is 2.14. The molecule has 0 aromatic rings. The van der Waals surface area contributed by atoms with Gasteiger partial charge in [0, 0.05) is 0 Å². The highest BCUT2D eigenvalue weighted by atomic mass is 16.6. The fraction of sp³-hybridized carbons (Fsp3) is 0.714. The molecule has 0 bridgehead atoms. The Morgan fingerprint density at radius 2 is 2.11 bits per heavy atom. The molecule has 2 heteroatoms. The molecule has 2 nitrogen and oxygen atoms in total. The summed E-state index contributed by atoms with van der Waals surface area (Å²) in [7, 11) is 0. The van der Waals surface area contributed by atoms with Crippen LogP contribution in [-0.4, -0.2) is 18.8 Å². The maximum Gasteiger partial charge on any atom is 0.121 e. The van der Waals surface area contributed by atoms with Gasteiger partial charge in [-0.25, -0.2) is 0 Å². The van der Waals surface area contributed by atoms with Gasteiger partial charge in [0.1, 0.15) is 18.5 Å². The van der Waals surface area contributed by atoms with Crippen LogP contribution in [0.2, 0.25) is 0 Å². The Kier molecular flexibility index (Phi) is 1.76. The van der Waals surface area contributed by atoms with Crippen molar-refractivity contribution in [1.29, 1.82) is 0 Å². The minimum Gasteiger partial charge on any atom is -0.491 e. The summed E-state index contributed by atoms with van der Waals surface area (Å²) < 4.78 is 10.6. The number of ether oxygens (including phenoxy) is 2. The van der Waals surface area contributed by atoms with Crippen LogP contribution in [0.25, 0.3) is 0 Å². The lowest BCUT2D eigenvalue weighted by atomic mass is 10.2. The second kappa shape index (κ2) is 2.40. The molecule has 2 atom stereocenters. The molecule has 0 N–H and O–H groups in total. The molecule has 0 aromatic carbocycles. The van der Waals surface area contributed by atoms with Gasteiger partial charge in [0.25, 0.3) is 0 Å². The number of hydrogen-bond donors (Lipinski definition) is 0. The van der Waals surface area contributed by atoms with Crippen LogP contribution < -0.4 is 0 Å². The van der Waals surface area contributed by atoms with E-state index < -0.39 is 0 Å². The van der Waals surface area contributed by atoms with Crippen LogP contribution in [0.3, 0.4) is 0 Å². The summed E-state index contributed by atoms with van der Waals surface area (Å²) in [6, 6.07) is 0. The van der Waals surface area contributed by atoms with Crippen molar-refractivity contribution in [2.24, 2.45) is 0 Å². The molecule has 0 saturated carbocycles. The SMILES string of the molecule is C=C1COC(C)C(C)O1. The summed E-state index contributed by atoms with van der Waals surface area (Å²) in [6.45, 7) is 8.18. The molecule has 0 aliphatic carbocycles. The lowest BCUT2D eigenvalue weighted by Gasteiger charge is -2.28. The van der Waals surface area contributed by atoms with Crippen molar-refractivity contribution in [3.63, 3.8) is 0 Å². The van der Waals surface area contributed by atoms with E-state index in [2.05, 4.69) is 6.58 Å². The summed E-state index contributed by atoms with van der Waals surface area (Å²) in [5.74, 6) is 0.737. The van der Waals surface area contributed by atoms with E-state index in [0.717, 1.165) is 5.76 Å². The first-order valence-corrected chi connectivity index (χ1v) is 3.16. The van der Waals surface area contributed by atoms with Crippen LogP contribution in [0.4, 0.5) is 0 Å². The van der Waals surface area contributed by atoms with E-state index in [1.54, 1.807) is 0 Å². The van der Waals surface area contributed by atoms with Gasteiger partial charge in [0.05, 0.1) is 6.10 Å². The molecule has 1 fully saturated rings. The van der Waals surface area contributed by atoms with Crippen molar-refractivity contribution >= 4 is 0 Å². The maximum absolute atomic E-state index is 5.28. The lowest BCUT2D eigenvalue weighted by molar-refractivity contribution is -0.0852. The lowest BCUT2D eigenvalue weighted by Crippen LogP contribution is -2.32. The van der Waals surface area contributed by atoms with Gasteiger partial charge in [-0.05, 0) is 13.8 Å². The second-order valence-corrected chi connectivity index (χ2v) is 2.38. The monoisotopic (exact) mass is 128 g/mol. The van der Waals surface area contributed by atoms with Gasteiger partial charge in [-0.1, -0.05) is 6.58 Å². The molecule has 0 amide bonds. The standard InChI is InChI=1S/C7H12O2/c1-5-4-8-6(2)7(3)9-5/h6-7H,1,4H2,2-3H3. The van der Waals surface area contributed by atoms with Gasteiger partial charge in [0.2, 0.25) is 0 Å². The predicted molar refractivity (Wildman–Crippen MR) is 35.1 cm³/mol. The number of hydrogen-bond acceptors (Lipinski definition) is 2. The minimum absolute atomic E-state index is 0.159. The van der Waals surface area contributed by atoms with Gasteiger partial charge in [-0.15, -0.1) is 0 Å². The Morgan fingerprint density at radius 3 is 2.56 bits per heavy atom. The Bertz CT molecular complexity index is 120. The van der Waals surface area contributed by atoms with Crippen molar-refractivity contribution in [3.05, 3.63) is 12.3 Å². The van der Waals surface area contributed by atoms with Crippen LogP contribution in [0, 0.1) is 0 Å². The zero-order chi connectivity index (χ0) is 6.85. The third-order valence-electron chi connectivity index (χ3n) is 1.52. The van der Waals surface area contributed by atoms with Gasteiger partial charge in [0.15, 0.2) is 0 Å². The van der Waals surface area contributed by atoms with Crippen molar-refractivity contribution < 1.29 is 9.47 Å². The third kappa shape index (κ3) is 1.45. The summed E-state index contributed by atoms with van der Waals surface area (Å²) in [5, 5.41) is 0. The summed E-state index contributed by atoms with van der Waals surface area (Å²) >= 11 is 0. The Morgan fingerprint density at radius 1 is 1.44 bits per heavy atom. The fourth-order valence-corrected chi connectivity index (χ4v) is 0.753. The minimum atomic E-state index is 0.159. The summed E-state index contributed by atoms with van der Waals surface area (Å²) in [4.78, 5) is 0. The topological polar surface area (TPSA) is 18.5 Å². The Labute approximate surface area is 55.5 Å². The largest absolute Gasteiger partial charge is 0.491 e. The molecule has 2 unspecified atom stereocenters. The van der Waals surface area contributed by atoms with Crippen molar-refractivity contribution in [2.75, 3.05) is 6.61 Å². The van der Waals surface area contributed by atoms with E-state index in [-0.39, 0.29) is 12.2 Å². The smallest absolute Gasteiger partial charge is 0.121 e. The first-order valence-electron chi connectivity index (χ1n) is 3.16. The maximum atomic E-state index is 5.28. The summed E-state index contributed by atoms with van der Waals surface area (Å²) in [5.41, 5.74) is 0. The summed E-state index contributed by atoms with van der Waals surface area (Å²) in [6.07, 6.45) is 0.363. The molecule has 1 saturated heterocycles. The van der Waals surface area contributed by atoms with Crippen LogP contribution in [0.1, 0.15) is 13.8 Å². The van der Waals surface area contributed by atoms with E-state index in [1.807, 2.05) is 13.8 Å². The first kappa shape index (κ1) is 6.62. The molecular formula is C7H12O2. The van der Waals surface area contributed by atoms with Crippen LogP contribution in [0.15, 0.2) is 12.3 Å². The van der Waals surface area contributed by atoms with Gasteiger partial charge in [-0.2, -0.15) is 0 Å². The molecule has 0 aromatic heterocycles. The highest BCUT2D eigenvalue weighted by molar-refractivity contribution is 4.88. The van der Waals surface area contributed by atoms with E-state index in [0.29, 0.717) is 6.61 Å². The zero-order valence-corrected chi connectivity index (χ0v) is 5.89. The van der Waals surface area contributed by atoms with Crippen LogP contribution in [-0.2, 0) is 9.47 Å². The van der Waals surface area contributed by atoms with Crippen molar-refractivity contribution in [3.8, 4) is 0 Å². The first-order chi connectivity index (χ1) is 4.20. The highest BCUT2D eigenvalue weighted by Gasteiger charge is 2.19. The third-order valence-corrected chi connectivity index (χ3v) is 1.52. The van der Waals surface area contributed by atoms with Crippen LogP contribution >= 0.6 is 0 Å². The predicted octanol–water partition coefficient (Wildman–Crippen LogP) is 1.32. The molecule has 9 heavy (non-hydrogen) atoms. The fourth-order valence-electron chi connectivity index (χ4n) is 0.753. The zero-order valence-electron chi connectivity index (χ0n) is 5.89. The molecular weight excluding hydrogens is 116 g/mol. The van der Waals surface area contributed by atoms with Gasteiger partial charge in [-0.3, -0.25) is 0 Å². The molecule has 52 valence electrons. The second-order valence-electron chi connectivity index (χ2n) is 2.38. The van der Waals surface area contributed by atoms with Gasteiger partial charge >= 0.3 is 0 Å². The van der Waals surface area contributed by atoms with E-state index in [1.165, 1.54) is 0 Å². The normalized spacial score (nSPS) is 36.0. The molecule has 1 heterocycles. The molecule has 0 radical (unpaired) electrons. The molecule has 1 aliphatic heterocycles. The van der Waals surface area contributed by atoms with Crippen molar-refractivity contribution in [2.45, 2.75) is 26.1 Å². The van der Waals surface area contributed by atoms with Crippen molar-refractivity contribution in [1.82, 2.24) is 0 Å². The van der Waals surface area contributed by atoms with Crippen LogP contribution in [0.5, 0.6) is 0 Å².